The lowest BCUT2D eigenvalue weighted by Gasteiger charge is -2.32. The Balaban J connectivity index is 1.84. The molecule has 17 heavy (non-hydrogen) atoms. The zero-order valence-electron chi connectivity index (χ0n) is 10.3. The highest BCUT2D eigenvalue weighted by Gasteiger charge is 2.34. The molecule has 96 valence electrons. The first-order valence-corrected chi connectivity index (χ1v) is 6.41. The van der Waals surface area contributed by atoms with Gasteiger partial charge in [-0.05, 0) is 32.6 Å². The summed E-state index contributed by atoms with van der Waals surface area (Å²) in [5.41, 5.74) is 0. The van der Waals surface area contributed by atoms with Gasteiger partial charge in [0.15, 0.2) is 0 Å². The number of nitrogens with one attached hydrogen (secondary N) is 1. The van der Waals surface area contributed by atoms with E-state index in [1.807, 2.05) is 0 Å². The topological polar surface area (TPSA) is 58.6 Å². The number of hydrogen-bond donors (Lipinski definition) is 1. The van der Waals surface area contributed by atoms with E-state index in [2.05, 4.69) is 5.32 Å². The minimum atomic E-state index is -0.312. The Morgan fingerprint density at radius 1 is 1.47 bits per heavy atom. The first-order chi connectivity index (χ1) is 8.20. The second kappa shape index (κ2) is 5.49. The molecule has 1 aliphatic heterocycles. The average molecular weight is 240 g/mol. The van der Waals surface area contributed by atoms with E-state index in [4.69, 9.17) is 4.74 Å². The van der Waals surface area contributed by atoms with Crippen LogP contribution in [-0.2, 0) is 14.3 Å². The predicted molar refractivity (Wildman–Crippen MR) is 62.4 cm³/mol. The number of carbonyl (C=O) groups is 2. The monoisotopic (exact) mass is 240 g/mol. The molecule has 0 aromatic carbocycles. The van der Waals surface area contributed by atoms with Crippen LogP contribution in [0.4, 0.5) is 0 Å². The number of amides is 1. The van der Waals surface area contributed by atoms with Gasteiger partial charge in [-0.15, -0.1) is 0 Å². The van der Waals surface area contributed by atoms with Crippen LogP contribution in [0.2, 0.25) is 0 Å². The average Bonchev–Trinajstić information content (AvgIpc) is 3.08. The third-order valence-electron chi connectivity index (χ3n) is 3.17. The van der Waals surface area contributed by atoms with Crippen LogP contribution >= 0.6 is 0 Å². The van der Waals surface area contributed by atoms with Gasteiger partial charge >= 0.3 is 5.97 Å². The standard InChI is InChI=1S/C12H20N2O3/c1-2-17-11(15)8-14-7-3-4-10(12(14)16)13-9-5-6-9/h9-10,13H,2-8H2,1H3. The number of hydrogen-bond acceptors (Lipinski definition) is 4. The molecule has 1 amide bonds. The molecule has 2 aliphatic rings. The maximum Gasteiger partial charge on any atom is 0.325 e. The van der Waals surface area contributed by atoms with Crippen molar-refractivity contribution in [1.29, 1.82) is 0 Å². The van der Waals surface area contributed by atoms with Gasteiger partial charge in [0.2, 0.25) is 5.91 Å². The highest BCUT2D eigenvalue weighted by atomic mass is 16.5. The van der Waals surface area contributed by atoms with Crippen molar-refractivity contribution in [2.75, 3.05) is 19.7 Å². The molecule has 5 heteroatoms. The van der Waals surface area contributed by atoms with E-state index in [-0.39, 0.29) is 24.5 Å². The Morgan fingerprint density at radius 2 is 2.24 bits per heavy atom. The Kier molecular flexibility index (Phi) is 3.99. The molecule has 2 rings (SSSR count). The summed E-state index contributed by atoms with van der Waals surface area (Å²) in [5, 5.41) is 3.33. The number of rotatable bonds is 5. The summed E-state index contributed by atoms with van der Waals surface area (Å²) in [6.45, 7) is 2.90. The molecule has 5 nitrogen and oxygen atoms in total. The van der Waals surface area contributed by atoms with Crippen LogP contribution in [0.15, 0.2) is 0 Å². The van der Waals surface area contributed by atoms with Gasteiger partial charge in [-0.25, -0.2) is 0 Å². The summed E-state index contributed by atoms with van der Waals surface area (Å²) in [4.78, 5) is 25.1. The van der Waals surface area contributed by atoms with Crippen molar-refractivity contribution in [3.8, 4) is 0 Å². The second-order valence-corrected chi connectivity index (χ2v) is 4.70. The van der Waals surface area contributed by atoms with E-state index >= 15 is 0 Å². The second-order valence-electron chi connectivity index (χ2n) is 4.70. The largest absolute Gasteiger partial charge is 0.465 e. The third-order valence-corrected chi connectivity index (χ3v) is 3.17. The van der Waals surface area contributed by atoms with E-state index in [9.17, 15) is 9.59 Å². The van der Waals surface area contributed by atoms with Crippen LogP contribution in [0.5, 0.6) is 0 Å². The molecule has 1 aliphatic carbocycles. The lowest BCUT2D eigenvalue weighted by atomic mass is 10.0. The molecule has 1 N–H and O–H groups in total. The fourth-order valence-corrected chi connectivity index (χ4v) is 2.15. The summed E-state index contributed by atoms with van der Waals surface area (Å²) in [5.74, 6) is -0.260. The molecule has 1 saturated carbocycles. The Hall–Kier alpha value is -1.10. The van der Waals surface area contributed by atoms with Gasteiger partial charge in [0.05, 0.1) is 12.6 Å². The molecule has 0 aromatic heterocycles. The fraction of sp³-hybridized carbons (Fsp3) is 0.833. The highest BCUT2D eigenvalue weighted by Crippen LogP contribution is 2.22. The zero-order valence-corrected chi connectivity index (χ0v) is 10.3. The van der Waals surface area contributed by atoms with Crippen molar-refractivity contribution < 1.29 is 14.3 Å². The molecular weight excluding hydrogens is 220 g/mol. The molecule has 1 saturated heterocycles. The summed E-state index contributed by atoms with van der Waals surface area (Å²) in [6.07, 6.45) is 4.17. The zero-order chi connectivity index (χ0) is 12.3. The van der Waals surface area contributed by atoms with Crippen LogP contribution in [0, 0.1) is 0 Å². The van der Waals surface area contributed by atoms with Crippen LogP contribution < -0.4 is 5.32 Å². The van der Waals surface area contributed by atoms with Crippen molar-refractivity contribution in [2.24, 2.45) is 0 Å². The van der Waals surface area contributed by atoms with Crippen molar-refractivity contribution in [2.45, 2.75) is 44.7 Å². The first-order valence-electron chi connectivity index (χ1n) is 6.41. The van der Waals surface area contributed by atoms with Crippen molar-refractivity contribution >= 4 is 11.9 Å². The van der Waals surface area contributed by atoms with Crippen LogP contribution in [0.25, 0.3) is 0 Å². The first kappa shape index (κ1) is 12.4. The van der Waals surface area contributed by atoms with Gasteiger partial charge in [-0.1, -0.05) is 0 Å². The molecule has 1 atom stereocenters. The third kappa shape index (κ3) is 3.43. The molecule has 0 aromatic rings. The van der Waals surface area contributed by atoms with Gasteiger partial charge < -0.3 is 15.0 Å². The molecular formula is C12H20N2O3. The Bertz CT molecular complexity index is 302. The maximum atomic E-state index is 12.1. The van der Waals surface area contributed by atoms with E-state index < -0.39 is 0 Å². The number of esters is 1. The highest BCUT2D eigenvalue weighted by molar-refractivity contribution is 5.86. The van der Waals surface area contributed by atoms with Gasteiger partial charge in [-0.2, -0.15) is 0 Å². The number of carbonyl (C=O) groups excluding carboxylic acids is 2. The number of nitrogens with zero attached hydrogens (tertiary/aromatic N) is 1. The van der Waals surface area contributed by atoms with E-state index in [0.717, 1.165) is 12.8 Å². The number of likely N-dealkylation sites (tertiary alicyclic amines) is 1. The Morgan fingerprint density at radius 3 is 2.88 bits per heavy atom. The lowest BCUT2D eigenvalue weighted by molar-refractivity contribution is -0.150. The van der Waals surface area contributed by atoms with Gasteiger partial charge in [-0.3, -0.25) is 9.59 Å². The lowest BCUT2D eigenvalue weighted by Crippen LogP contribution is -2.52. The molecule has 0 spiro atoms. The normalized spacial score (nSPS) is 24.9. The smallest absolute Gasteiger partial charge is 0.325 e. The SMILES string of the molecule is CCOC(=O)CN1CCCC(NC2CC2)C1=O. The molecule has 1 heterocycles. The summed E-state index contributed by atoms with van der Waals surface area (Å²) in [7, 11) is 0. The van der Waals surface area contributed by atoms with Crippen molar-refractivity contribution in [3.63, 3.8) is 0 Å². The predicted octanol–water partition coefficient (Wildman–Crippen LogP) is 0.293. The van der Waals surface area contributed by atoms with Crippen molar-refractivity contribution in [1.82, 2.24) is 10.2 Å². The summed E-state index contributed by atoms with van der Waals surface area (Å²) >= 11 is 0. The van der Waals surface area contributed by atoms with Crippen molar-refractivity contribution in [3.05, 3.63) is 0 Å². The Labute approximate surface area is 101 Å². The van der Waals surface area contributed by atoms with Crippen LogP contribution in [-0.4, -0.2) is 48.6 Å². The van der Waals surface area contributed by atoms with E-state index in [0.29, 0.717) is 19.2 Å². The van der Waals surface area contributed by atoms with E-state index in [1.165, 1.54) is 12.8 Å². The summed E-state index contributed by atoms with van der Waals surface area (Å²) < 4.78 is 4.87. The molecule has 0 radical (unpaired) electrons. The van der Waals surface area contributed by atoms with Crippen LogP contribution in [0.1, 0.15) is 32.6 Å². The minimum Gasteiger partial charge on any atom is -0.465 e. The van der Waals surface area contributed by atoms with Crippen LogP contribution in [0.3, 0.4) is 0 Å². The van der Waals surface area contributed by atoms with Gasteiger partial charge in [0.1, 0.15) is 6.54 Å². The molecule has 1 unspecified atom stereocenters. The van der Waals surface area contributed by atoms with E-state index in [1.54, 1.807) is 11.8 Å². The summed E-state index contributed by atoms with van der Waals surface area (Å²) in [6, 6.07) is 0.428. The minimum absolute atomic E-state index is 0.0520. The molecule has 2 fully saturated rings. The van der Waals surface area contributed by atoms with Gasteiger partial charge in [0, 0.05) is 12.6 Å². The van der Waals surface area contributed by atoms with Gasteiger partial charge in [0.25, 0.3) is 0 Å². The molecule has 0 bridgehead atoms. The maximum absolute atomic E-state index is 12.1. The fourth-order valence-electron chi connectivity index (χ4n) is 2.15. The number of piperidine rings is 1. The quantitative estimate of drug-likeness (QED) is 0.702. The number of ether oxygens (including phenoxy) is 1.